The summed E-state index contributed by atoms with van der Waals surface area (Å²) in [6.45, 7) is 2.78. The van der Waals surface area contributed by atoms with Gasteiger partial charge in [-0.25, -0.2) is 8.42 Å². The maximum Gasteiger partial charge on any atom is 0.322 e. The molecule has 10 nitrogen and oxygen atoms in total. The van der Waals surface area contributed by atoms with E-state index in [0.717, 1.165) is 5.56 Å². The summed E-state index contributed by atoms with van der Waals surface area (Å²) in [6.07, 6.45) is 0. The van der Waals surface area contributed by atoms with Crippen molar-refractivity contribution in [2.24, 2.45) is 0 Å². The lowest BCUT2D eigenvalue weighted by Gasteiger charge is -2.18. The van der Waals surface area contributed by atoms with E-state index < -0.39 is 15.9 Å². The van der Waals surface area contributed by atoms with Gasteiger partial charge >= 0.3 is 6.01 Å². The predicted molar refractivity (Wildman–Crippen MR) is 127 cm³/mol. The number of sulfonamides is 1. The molecule has 0 saturated heterocycles. The van der Waals surface area contributed by atoms with Crippen molar-refractivity contribution in [3.8, 4) is 23.0 Å². The van der Waals surface area contributed by atoms with Crippen LogP contribution in [0.4, 0.5) is 11.7 Å². The van der Waals surface area contributed by atoms with Gasteiger partial charge in [0, 0.05) is 5.56 Å². The minimum Gasteiger partial charge on any atom is -0.486 e. The Labute approximate surface area is 201 Å². The number of anilines is 2. The first-order valence-electron chi connectivity index (χ1n) is 10.6. The maximum atomic E-state index is 12.9. The third kappa shape index (κ3) is 4.80. The Morgan fingerprint density at radius 2 is 1.66 bits per heavy atom. The van der Waals surface area contributed by atoms with Crippen LogP contribution in [0.3, 0.4) is 0 Å². The number of carbonyl (C=O) groups excluding carboxylic acids is 1. The minimum absolute atomic E-state index is 0.0827. The molecule has 0 fully saturated rings. The molecule has 1 aliphatic rings. The number of fused-ring (bicyclic) bond motifs is 1. The molecule has 0 unspecified atom stereocenters. The number of benzene rings is 3. The van der Waals surface area contributed by atoms with Gasteiger partial charge in [0.1, 0.15) is 13.2 Å². The highest BCUT2D eigenvalue weighted by atomic mass is 32.2. The van der Waals surface area contributed by atoms with Gasteiger partial charge in [-0.3, -0.25) is 14.8 Å². The molecular formula is C24H20N4O6S. The van der Waals surface area contributed by atoms with Gasteiger partial charge < -0.3 is 13.9 Å². The maximum absolute atomic E-state index is 12.9. The fourth-order valence-electron chi connectivity index (χ4n) is 3.42. The average molecular weight is 493 g/mol. The molecule has 5 rings (SSSR count). The van der Waals surface area contributed by atoms with Crippen molar-refractivity contribution in [2.75, 3.05) is 23.3 Å². The number of aromatic nitrogens is 2. The molecule has 1 aliphatic heterocycles. The molecule has 2 heterocycles. The highest BCUT2D eigenvalue weighted by Crippen LogP contribution is 2.34. The van der Waals surface area contributed by atoms with E-state index in [1.165, 1.54) is 24.3 Å². The summed E-state index contributed by atoms with van der Waals surface area (Å²) in [7, 11) is -3.90. The summed E-state index contributed by atoms with van der Waals surface area (Å²) in [6, 6.07) is 17.7. The first-order chi connectivity index (χ1) is 16.9. The summed E-state index contributed by atoms with van der Waals surface area (Å²) in [4.78, 5) is 13.0. The number of rotatable bonds is 6. The topological polar surface area (TPSA) is 133 Å². The highest BCUT2D eigenvalue weighted by Gasteiger charge is 2.21. The zero-order valence-corrected chi connectivity index (χ0v) is 19.3. The smallest absolute Gasteiger partial charge is 0.322 e. The standard InChI is InChI=1S/C24H20N4O6S/c1-15-6-9-17(10-7-15)35(30,31)28-19-5-3-2-4-18(19)22(29)25-24-27-26-23(34-24)16-8-11-20-21(14-16)33-13-12-32-20/h2-11,14,28H,12-13H2,1H3,(H,25,27,29). The minimum atomic E-state index is -3.90. The van der Waals surface area contributed by atoms with Crippen molar-refractivity contribution in [1.82, 2.24) is 10.2 Å². The molecule has 1 amide bonds. The molecule has 0 radical (unpaired) electrons. The molecule has 0 spiro atoms. The molecule has 2 N–H and O–H groups in total. The molecule has 0 saturated carbocycles. The van der Waals surface area contributed by atoms with Crippen LogP contribution in [-0.2, 0) is 10.0 Å². The molecule has 178 valence electrons. The summed E-state index contributed by atoms with van der Waals surface area (Å²) >= 11 is 0. The summed E-state index contributed by atoms with van der Waals surface area (Å²) < 4.78 is 44.7. The second-order valence-corrected chi connectivity index (χ2v) is 9.37. The number of nitrogens with one attached hydrogen (secondary N) is 2. The Balaban J connectivity index is 1.34. The molecule has 1 aromatic heterocycles. The number of hydrogen-bond acceptors (Lipinski definition) is 8. The molecule has 35 heavy (non-hydrogen) atoms. The van der Waals surface area contributed by atoms with Crippen LogP contribution < -0.4 is 19.5 Å². The van der Waals surface area contributed by atoms with E-state index in [-0.39, 0.29) is 28.1 Å². The average Bonchev–Trinajstić information content (AvgIpc) is 3.32. The molecule has 11 heteroatoms. The molecule has 0 bridgehead atoms. The Hall–Kier alpha value is -4.38. The normalized spacial score (nSPS) is 12.7. The number of amides is 1. The van der Waals surface area contributed by atoms with Crippen LogP contribution in [0.1, 0.15) is 15.9 Å². The van der Waals surface area contributed by atoms with E-state index in [0.29, 0.717) is 30.3 Å². The van der Waals surface area contributed by atoms with Gasteiger partial charge in [0.05, 0.1) is 16.1 Å². The predicted octanol–water partition coefficient (Wildman–Crippen LogP) is 3.87. The third-order valence-electron chi connectivity index (χ3n) is 5.18. The third-order valence-corrected chi connectivity index (χ3v) is 6.56. The number of aryl methyl sites for hydroxylation is 1. The fraction of sp³-hybridized carbons (Fsp3) is 0.125. The zero-order chi connectivity index (χ0) is 24.4. The number of hydrogen-bond donors (Lipinski definition) is 2. The van der Waals surface area contributed by atoms with Gasteiger partial charge in [0.2, 0.25) is 5.89 Å². The van der Waals surface area contributed by atoms with Crippen molar-refractivity contribution in [3.63, 3.8) is 0 Å². The SMILES string of the molecule is Cc1ccc(S(=O)(=O)Nc2ccccc2C(=O)Nc2nnc(-c3ccc4c(c3)OCCO4)o2)cc1. The lowest BCUT2D eigenvalue weighted by atomic mass is 10.2. The molecule has 0 atom stereocenters. The van der Waals surface area contributed by atoms with E-state index in [4.69, 9.17) is 13.9 Å². The van der Waals surface area contributed by atoms with Crippen LogP contribution in [0, 0.1) is 6.92 Å². The van der Waals surface area contributed by atoms with Crippen molar-refractivity contribution in [1.29, 1.82) is 0 Å². The van der Waals surface area contributed by atoms with Crippen molar-refractivity contribution >= 4 is 27.6 Å². The van der Waals surface area contributed by atoms with Gasteiger partial charge in [-0.2, -0.15) is 0 Å². The van der Waals surface area contributed by atoms with Crippen LogP contribution in [0.15, 0.2) is 76.0 Å². The Kier molecular flexibility index (Phi) is 5.83. The van der Waals surface area contributed by atoms with Gasteiger partial charge in [-0.05, 0) is 49.4 Å². The van der Waals surface area contributed by atoms with E-state index in [1.54, 1.807) is 42.5 Å². The Morgan fingerprint density at radius 1 is 0.914 bits per heavy atom. The number of para-hydroxylation sites is 1. The van der Waals surface area contributed by atoms with Crippen LogP contribution in [0.2, 0.25) is 0 Å². The molecular weight excluding hydrogens is 472 g/mol. The summed E-state index contributed by atoms with van der Waals surface area (Å²) in [5, 5.41) is 10.4. The van der Waals surface area contributed by atoms with Gasteiger partial charge in [-0.15, -0.1) is 5.10 Å². The van der Waals surface area contributed by atoms with Crippen molar-refractivity contribution < 1.29 is 27.1 Å². The second-order valence-electron chi connectivity index (χ2n) is 7.69. The van der Waals surface area contributed by atoms with Crippen LogP contribution in [0.25, 0.3) is 11.5 Å². The summed E-state index contributed by atoms with van der Waals surface area (Å²) in [5.74, 6) is 0.736. The Morgan fingerprint density at radius 3 is 2.46 bits per heavy atom. The van der Waals surface area contributed by atoms with Crippen molar-refractivity contribution in [3.05, 3.63) is 77.9 Å². The first-order valence-corrected chi connectivity index (χ1v) is 12.1. The number of ether oxygens (including phenoxy) is 2. The lowest BCUT2D eigenvalue weighted by molar-refractivity contribution is 0.102. The zero-order valence-electron chi connectivity index (χ0n) is 18.5. The van der Waals surface area contributed by atoms with Crippen LogP contribution in [0.5, 0.6) is 11.5 Å². The molecule has 0 aliphatic carbocycles. The van der Waals surface area contributed by atoms with Crippen molar-refractivity contribution in [2.45, 2.75) is 11.8 Å². The first kappa shape index (κ1) is 22.4. The monoisotopic (exact) mass is 492 g/mol. The second kappa shape index (κ2) is 9.11. The van der Waals surface area contributed by atoms with E-state index in [1.807, 2.05) is 6.92 Å². The van der Waals surface area contributed by atoms with E-state index in [9.17, 15) is 13.2 Å². The molecule has 4 aromatic rings. The van der Waals surface area contributed by atoms with Crippen LogP contribution in [-0.4, -0.2) is 37.7 Å². The number of carbonyl (C=O) groups is 1. The lowest BCUT2D eigenvalue weighted by Crippen LogP contribution is -2.18. The van der Waals surface area contributed by atoms with Gasteiger partial charge in [0.25, 0.3) is 15.9 Å². The largest absolute Gasteiger partial charge is 0.486 e. The quantitative estimate of drug-likeness (QED) is 0.415. The Bertz CT molecular complexity index is 1500. The van der Waals surface area contributed by atoms with E-state index >= 15 is 0 Å². The van der Waals surface area contributed by atoms with Gasteiger partial charge in [0.15, 0.2) is 11.5 Å². The van der Waals surface area contributed by atoms with Gasteiger partial charge in [-0.1, -0.05) is 34.9 Å². The van der Waals surface area contributed by atoms with E-state index in [2.05, 4.69) is 20.2 Å². The fourth-order valence-corrected chi connectivity index (χ4v) is 4.50. The number of nitrogens with zero attached hydrogens (tertiary/aromatic N) is 2. The molecule has 3 aromatic carbocycles. The highest BCUT2D eigenvalue weighted by molar-refractivity contribution is 7.92. The van der Waals surface area contributed by atoms with Crippen LogP contribution >= 0.6 is 0 Å². The summed E-state index contributed by atoms with van der Waals surface area (Å²) in [5.41, 5.74) is 1.71.